The Hall–Kier alpha value is -3.46. The van der Waals surface area contributed by atoms with Crippen molar-refractivity contribution >= 4 is 38.7 Å². The Kier molecular flexibility index (Phi) is 6.88. The lowest BCUT2D eigenvalue weighted by molar-refractivity contribution is -0.126. The van der Waals surface area contributed by atoms with Crippen molar-refractivity contribution < 1.29 is 23.7 Å². The maximum Gasteiger partial charge on any atom is 0.246 e. The number of carbonyl (C=O) groups excluding carboxylic acids is 1. The number of nitrogens with zero attached hydrogens (tertiary/aromatic N) is 3. The molecule has 1 aliphatic rings. The van der Waals surface area contributed by atoms with Gasteiger partial charge in [0.2, 0.25) is 11.7 Å². The predicted octanol–water partition coefficient (Wildman–Crippen LogP) is 3.69. The number of hydrogen-bond donors (Lipinski definition) is 0. The predicted molar refractivity (Wildman–Crippen MR) is 130 cm³/mol. The van der Waals surface area contributed by atoms with Crippen molar-refractivity contribution in [1.29, 1.82) is 0 Å². The summed E-state index contributed by atoms with van der Waals surface area (Å²) in [5.74, 6) is 2.41. The first kappa shape index (κ1) is 22.7. The van der Waals surface area contributed by atoms with Gasteiger partial charge in [0, 0.05) is 32.3 Å². The quantitative estimate of drug-likeness (QED) is 0.489. The van der Waals surface area contributed by atoms with Crippen LogP contribution in [-0.4, -0.2) is 70.4 Å². The SMILES string of the molecule is COc1ccc2nc(N3CCN(C(=O)/C=C\c4cc(OC)c(OC)c(OC)c4)CC3)sc2c1. The highest BCUT2D eigenvalue weighted by molar-refractivity contribution is 7.22. The van der Waals surface area contributed by atoms with Crippen molar-refractivity contribution in [2.24, 2.45) is 0 Å². The molecule has 0 bridgehead atoms. The molecule has 8 nitrogen and oxygen atoms in total. The Labute approximate surface area is 196 Å². The van der Waals surface area contributed by atoms with Crippen LogP contribution in [0.4, 0.5) is 5.13 Å². The number of methoxy groups -OCH3 is 4. The van der Waals surface area contributed by atoms with Crippen LogP contribution in [0.25, 0.3) is 16.3 Å². The molecule has 0 spiro atoms. The lowest BCUT2D eigenvalue weighted by atomic mass is 10.1. The number of hydrogen-bond acceptors (Lipinski definition) is 8. The molecule has 2 heterocycles. The normalized spacial score (nSPS) is 14.1. The van der Waals surface area contributed by atoms with Crippen LogP contribution in [0.15, 0.2) is 36.4 Å². The average molecular weight is 470 g/mol. The van der Waals surface area contributed by atoms with Gasteiger partial charge in [-0.2, -0.15) is 0 Å². The second-order valence-corrected chi connectivity index (χ2v) is 8.44. The molecule has 2 aromatic carbocycles. The summed E-state index contributed by atoms with van der Waals surface area (Å²) in [4.78, 5) is 21.6. The zero-order valence-electron chi connectivity index (χ0n) is 19.2. The molecule has 174 valence electrons. The number of piperazine rings is 1. The maximum absolute atomic E-state index is 12.8. The molecule has 1 aromatic heterocycles. The van der Waals surface area contributed by atoms with Crippen molar-refractivity contribution in [1.82, 2.24) is 9.88 Å². The van der Waals surface area contributed by atoms with Gasteiger partial charge in [-0.15, -0.1) is 0 Å². The molecular weight excluding hydrogens is 442 g/mol. The van der Waals surface area contributed by atoms with Gasteiger partial charge in [-0.3, -0.25) is 4.79 Å². The molecule has 0 saturated carbocycles. The number of carbonyl (C=O) groups is 1. The largest absolute Gasteiger partial charge is 0.497 e. The van der Waals surface area contributed by atoms with Gasteiger partial charge < -0.3 is 28.7 Å². The molecule has 3 aromatic rings. The smallest absolute Gasteiger partial charge is 0.246 e. The fourth-order valence-corrected chi connectivity index (χ4v) is 4.79. The first-order valence-electron chi connectivity index (χ1n) is 10.5. The molecule has 1 fully saturated rings. The first-order chi connectivity index (χ1) is 16.1. The van der Waals surface area contributed by atoms with E-state index >= 15 is 0 Å². The Bertz CT molecular complexity index is 1140. The van der Waals surface area contributed by atoms with E-state index in [-0.39, 0.29) is 5.91 Å². The van der Waals surface area contributed by atoms with E-state index in [2.05, 4.69) is 4.90 Å². The lowest BCUT2D eigenvalue weighted by Crippen LogP contribution is -2.48. The van der Waals surface area contributed by atoms with E-state index in [4.69, 9.17) is 23.9 Å². The molecule has 0 unspecified atom stereocenters. The van der Waals surface area contributed by atoms with Crippen LogP contribution in [0.2, 0.25) is 0 Å². The molecule has 33 heavy (non-hydrogen) atoms. The highest BCUT2D eigenvalue weighted by Crippen LogP contribution is 2.38. The highest BCUT2D eigenvalue weighted by atomic mass is 32.1. The van der Waals surface area contributed by atoms with Crippen LogP contribution in [0, 0.1) is 0 Å². The second-order valence-electron chi connectivity index (χ2n) is 7.43. The van der Waals surface area contributed by atoms with Gasteiger partial charge >= 0.3 is 0 Å². The van der Waals surface area contributed by atoms with Crippen LogP contribution in [-0.2, 0) is 4.79 Å². The number of rotatable bonds is 7. The third-order valence-corrected chi connectivity index (χ3v) is 6.63. The van der Waals surface area contributed by atoms with E-state index in [9.17, 15) is 4.79 Å². The van der Waals surface area contributed by atoms with Crippen LogP contribution < -0.4 is 23.8 Å². The number of amides is 1. The summed E-state index contributed by atoms with van der Waals surface area (Å²) in [5, 5.41) is 0.971. The molecular formula is C24H27N3O5S. The van der Waals surface area contributed by atoms with Crippen molar-refractivity contribution in [3.05, 3.63) is 42.0 Å². The molecule has 1 aliphatic heterocycles. The number of ether oxygens (including phenoxy) is 4. The highest BCUT2D eigenvalue weighted by Gasteiger charge is 2.22. The minimum Gasteiger partial charge on any atom is -0.497 e. The summed E-state index contributed by atoms with van der Waals surface area (Å²) < 4.78 is 22.5. The Morgan fingerprint density at radius 3 is 2.24 bits per heavy atom. The minimum atomic E-state index is -0.0302. The van der Waals surface area contributed by atoms with Gasteiger partial charge in [0.05, 0.1) is 38.7 Å². The van der Waals surface area contributed by atoms with Crippen LogP contribution in [0.5, 0.6) is 23.0 Å². The number of thiazole rings is 1. The lowest BCUT2D eigenvalue weighted by Gasteiger charge is -2.34. The summed E-state index contributed by atoms with van der Waals surface area (Å²) in [7, 11) is 6.36. The summed E-state index contributed by atoms with van der Waals surface area (Å²) in [6.07, 6.45) is 3.35. The van der Waals surface area contributed by atoms with E-state index in [1.165, 1.54) is 0 Å². The fourth-order valence-electron chi connectivity index (χ4n) is 3.74. The van der Waals surface area contributed by atoms with Crippen LogP contribution in [0.1, 0.15) is 5.56 Å². The number of benzene rings is 2. The van der Waals surface area contributed by atoms with E-state index in [1.807, 2.05) is 35.2 Å². The third-order valence-electron chi connectivity index (χ3n) is 5.55. The zero-order valence-corrected chi connectivity index (χ0v) is 20.0. The van der Waals surface area contributed by atoms with Crippen LogP contribution >= 0.6 is 11.3 Å². The Morgan fingerprint density at radius 2 is 1.64 bits per heavy atom. The molecule has 0 atom stereocenters. The third kappa shape index (κ3) is 4.83. The van der Waals surface area contributed by atoms with Crippen LogP contribution in [0.3, 0.4) is 0 Å². The molecule has 0 aliphatic carbocycles. The van der Waals surface area contributed by atoms with E-state index in [0.29, 0.717) is 30.3 Å². The maximum atomic E-state index is 12.8. The second kappa shape index (κ2) is 9.99. The van der Waals surface area contributed by atoms with E-state index in [1.54, 1.807) is 51.9 Å². The monoisotopic (exact) mass is 469 g/mol. The van der Waals surface area contributed by atoms with Crippen molar-refractivity contribution in [2.45, 2.75) is 0 Å². The zero-order chi connectivity index (χ0) is 23.4. The summed E-state index contributed by atoms with van der Waals surface area (Å²) in [5.41, 5.74) is 1.75. The standard InChI is InChI=1S/C24H27N3O5S/c1-29-17-6-7-18-21(15-17)33-24(25-18)27-11-9-26(10-12-27)22(28)8-5-16-13-19(30-2)23(32-4)20(14-16)31-3/h5-8,13-15H,9-12H2,1-4H3/b8-5-. The molecule has 9 heteroatoms. The molecule has 0 radical (unpaired) electrons. The number of aromatic nitrogens is 1. The first-order valence-corrected chi connectivity index (χ1v) is 11.3. The van der Waals surface area contributed by atoms with Crippen molar-refractivity contribution in [3.63, 3.8) is 0 Å². The minimum absolute atomic E-state index is 0.0302. The molecule has 4 rings (SSSR count). The van der Waals surface area contributed by atoms with Crippen molar-refractivity contribution in [2.75, 3.05) is 59.5 Å². The van der Waals surface area contributed by atoms with Gasteiger partial charge in [0.25, 0.3) is 0 Å². The summed E-state index contributed by atoms with van der Waals surface area (Å²) in [6.45, 7) is 2.75. The molecule has 0 N–H and O–H groups in total. The van der Waals surface area contributed by atoms with Gasteiger partial charge in [0.1, 0.15) is 5.75 Å². The van der Waals surface area contributed by atoms with E-state index < -0.39 is 0 Å². The van der Waals surface area contributed by atoms with Gasteiger partial charge in [-0.1, -0.05) is 11.3 Å². The number of anilines is 1. The Balaban J connectivity index is 1.40. The van der Waals surface area contributed by atoms with Gasteiger partial charge in [0.15, 0.2) is 16.6 Å². The summed E-state index contributed by atoms with van der Waals surface area (Å²) >= 11 is 1.64. The fraction of sp³-hybridized carbons (Fsp3) is 0.333. The molecule has 1 saturated heterocycles. The number of fused-ring (bicyclic) bond motifs is 1. The average Bonchev–Trinajstić information content (AvgIpc) is 3.29. The van der Waals surface area contributed by atoms with Gasteiger partial charge in [-0.05, 0) is 42.0 Å². The summed E-state index contributed by atoms with van der Waals surface area (Å²) in [6, 6.07) is 9.52. The van der Waals surface area contributed by atoms with E-state index in [0.717, 1.165) is 39.8 Å². The Morgan fingerprint density at radius 1 is 0.939 bits per heavy atom. The topological polar surface area (TPSA) is 73.4 Å². The van der Waals surface area contributed by atoms with Gasteiger partial charge in [-0.25, -0.2) is 4.98 Å². The van der Waals surface area contributed by atoms with Crippen molar-refractivity contribution in [3.8, 4) is 23.0 Å². The molecule has 1 amide bonds.